The standard InChI is InChI=1S/C21H25N5O3S/c1-4-26(5-2)30(28,29)19-10-9-16(3)20(12-19)21(27)24-18-8-6-7-17(11-18)13-25-15-22-14-23-25/h6-12,14-15H,4-5,13H2,1-3H3,(H,24,27). The fraction of sp³-hybridized carbons (Fsp3) is 0.286. The first-order valence-electron chi connectivity index (χ1n) is 9.68. The van der Waals surface area contributed by atoms with Gasteiger partial charge in [0.1, 0.15) is 12.7 Å². The second-order valence-electron chi connectivity index (χ2n) is 6.81. The number of rotatable bonds is 8. The molecule has 1 aromatic heterocycles. The van der Waals surface area contributed by atoms with Gasteiger partial charge in [-0.1, -0.05) is 32.0 Å². The number of benzene rings is 2. The van der Waals surface area contributed by atoms with Crippen molar-refractivity contribution in [2.24, 2.45) is 0 Å². The minimum absolute atomic E-state index is 0.113. The topological polar surface area (TPSA) is 97.2 Å². The highest BCUT2D eigenvalue weighted by Crippen LogP contribution is 2.21. The van der Waals surface area contributed by atoms with Gasteiger partial charge in [0.25, 0.3) is 5.91 Å². The molecule has 3 rings (SSSR count). The van der Waals surface area contributed by atoms with Crippen molar-refractivity contribution >= 4 is 21.6 Å². The van der Waals surface area contributed by atoms with E-state index in [1.54, 1.807) is 50.0 Å². The van der Waals surface area contributed by atoms with Crippen molar-refractivity contribution in [2.45, 2.75) is 32.2 Å². The van der Waals surface area contributed by atoms with Crippen LogP contribution in [0, 0.1) is 6.92 Å². The Hall–Kier alpha value is -3.04. The molecule has 0 fully saturated rings. The van der Waals surface area contributed by atoms with Gasteiger partial charge in [0.05, 0.1) is 11.4 Å². The average Bonchev–Trinajstić information content (AvgIpc) is 3.22. The third-order valence-electron chi connectivity index (χ3n) is 4.79. The summed E-state index contributed by atoms with van der Waals surface area (Å²) in [5, 5.41) is 6.94. The van der Waals surface area contributed by atoms with Crippen LogP contribution < -0.4 is 5.32 Å². The fourth-order valence-electron chi connectivity index (χ4n) is 3.17. The molecule has 1 heterocycles. The van der Waals surface area contributed by atoms with Crippen LogP contribution in [0.3, 0.4) is 0 Å². The van der Waals surface area contributed by atoms with Gasteiger partial charge in [0.2, 0.25) is 10.0 Å². The van der Waals surface area contributed by atoms with Crippen LogP contribution in [0.1, 0.15) is 35.3 Å². The highest BCUT2D eigenvalue weighted by atomic mass is 32.2. The van der Waals surface area contributed by atoms with Gasteiger partial charge in [0.15, 0.2) is 0 Å². The van der Waals surface area contributed by atoms with Crippen LogP contribution in [0.5, 0.6) is 0 Å². The van der Waals surface area contributed by atoms with Crippen LogP contribution in [-0.2, 0) is 16.6 Å². The molecule has 0 aliphatic carbocycles. The summed E-state index contributed by atoms with van der Waals surface area (Å²) in [4.78, 5) is 16.9. The third kappa shape index (κ3) is 4.74. The number of nitrogens with zero attached hydrogens (tertiary/aromatic N) is 4. The van der Waals surface area contributed by atoms with Crippen LogP contribution in [0.4, 0.5) is 5.69 Å². The Bertz CT molecular complexity index is 1120. The first-order chi connectivity index (χ1) is 14.3. The Morgan fingerprint density at radius 1 is 1.13 bits per heavy atom. The Morgan fingerprint density at radius 3 is 2.57 bits per heavy atom. The lowest BCUT2D eigenvalue weighted by Gasteiger charge is -2.19. The van der Waals surface area contributed by atoms with Crippen LogP contribution in [0.25, 0.3) is 0 Å². The van der Waals surface area contributed by atoms with Gasteiger partial charge in [-0.3, -0.25) is 4.79 Å². The van der Waals surface area contributed by atoms with Gasteiger partial charge in [0, 0.05) is 24.3 Å². The molecule has 8 nitrogen and oxygen atoms in total. The Labute approximate surface area is 176 Å². The molecule has 0 radical (unpaired) electrons. The van der Waals surface area contributed by atoms with Crippen LogP contribution in [0.15, 0.2) is 60.0 Å². The van der Waals surface area contributed by atoms with Crippen molar-refractivity contribution in [3.8, 4) is 0 Å². The number of aryl methyl sites for hydroxylation is 1. The SMILES string of the molecule is CCN(CC)S(=O)(=O)c1ccc(C)c(C(=O)Nc2cccc(Cn3cncn3)c2)c1. The number of amides is 1. The molecule has 0 bridgehead atoms. The van der Waals surface area contributed by atoms with E-state index in [9.17, 15) is 13.2 Å². The molecule has 0 unspecified atom stereocenters. The summed E-state index contributed by atoms with van der Waals surface area (Å²) in [6.07, 6.45) is 3.09. The van der Waals surface area contributed by atoms with Gasteiger partial charge >= 0.3 is 0 Å². The van der Waals surface area contributed by atoms with Crippen molar-refractivity contribution < 1.29 is 13.2 Å². The zero-order valence-electron chi connectivity index (χ0n) is 17.2. The van der Waals surface area contributed by atoms with Gasteiger partial charge in [-0.25, -0.2) is 18.1 Å². The zero-order valence-corrected chi connectivity index (χ0v) is 18.1. The summed E-state index contributed by atoms with van der Waals surface area (Å²) in [5.74, 6) is -0.359. The predicted molar refractivity (Wildman–Crippen MR) is 115 cm³/mol. The third-order valence-corrected chi connectivity index (χ3v) is 6.84. The van der Waals surface area contributed by atoms with Crippen molar-refractivity contribution in [3.63, 3.8) is 0 Å². The molecule has 30 heavy (non-hydrogen) atoms. The maximum atomic E-state index is 12.9. The molecule has 3 aromatic rings. The number of carbonyl (C=O) groups is 1. The lowest BCUT2D eigenvalue weighted by molar-refractivity contribution is 0.102. The Kier molecular flexibility index (Phi) is 6.63. The van der Waals surface area contributed by atoms with Crippen molar-refractivity contribution in [1.29, 1.82) is 0 Å². The number of anilines is 1. The van der Waals surface area contributed by atoms with Gasteiger partial charge in [-0.15, -0.1) is 0 Å². The molecular weight excluding hydrogens is 402 g/mol. The molecule has 0 saturated carbocycles. The van der Waals surface area contributed by atoms with Gasteiger partial charge in [-0.05, 0) is 42.3 Å². The number of aromatic nitrogens is 3. The first-order valence-corrected chi connectivity index (χ1v) is 11.1. The van der Waals surface area contributed by atoms with Crippen molar-refractivity contribution in [2.75, 3.05) is 18.4 Å². The molecule has 158 valence electrons. The molecule has 0 aliphatic heterocycles. The summed E-state index contributed by atoms with van der Waals surface area (Å²) >= 11 is 0. The van der Waals surface area contributed by atoms with E-state index in [4.69, 9.17) is 0 Å². The number of hydrogen-bond donors (Lipinski definition) is 1. The number of nitrogens with one attached hydrogen (secondary N) is 1. The summed E-state index contributed by atoms with van der Waals surface area (Å²) in [7, 11) is -3.64. The van der Waals surface area contributed by atoms with Crippen molar-refractivity contribution in [3.05, 3.63) is 71.8 Å². The normalized spacial score (nSPS) is 11.6. The Morgan fingerprint density at radius 2 is 1.90 bits per heavy atom. The summed E-state index contributed by atoms with van der Waals surface area (Å²) in [6.45, 7) is 6.62. The maximum Gasteiger partial charge on any atom is 0.255 e. The minimum atomic E-state index is -3.64. The fourth-order valence-corrected chi connectivity index (χ4v) is 4.65. The largest absolute Gasteiger partial charge is 0.322 e. The molecule has 9 heteroatoms. The molecule has 0 spiro atoms. The first kappa shape index (κ1) is 21.7. The number of hydrogen-bond acceptors (Lipinski definition) is 5. The van der Waals surface area contributed by atoms with Crippen molar-refractivity contribution in [1.82, 2.24) is 19.1 Å². The lowest BCUT2D eigenvalue weighted by Crippen LogP contribution is -2.30. The second kappa shape index (κ2) is 9.19. The van der Waals surface area contributed by atoms with E-state index in [-0.39, 0.29) is 10.8 Å². The molecular formula is C21H25N5O3S. The van der Waals surface area contributed by atoms with Crippen LogP contribution >= 0.6 is 0 Å². The molecule has 1 amide bonds. The van der Waals surface area contributed by atoms with Gasteiger partial charge < -0.3 is 5.32 Å². The van der Waals surface area contributed by atoms with Gasteiger partial charge in [-0.2, -0.15) is 9.40 Å². The minimum Gasteiger partial charge on any atom is -0.322 e. The van der Waals surface area contributed by atoms with E-state index in [1.165, 1.54) is 16.7 Å². The quantitative estimate of drug-likeness (QED) is 0.596. The monoisotopic (exact) mass is 427 g/mol. The Balaban J connectivity index is 1.84. The molecule has 0 atom stereocenters. The molecule has 0 aliphatic rings. The maximum absolute atomic E-state index is 12.9. The highest BCUT2D eigenvalue weighted by Gasteiger charge is 2.23. The van der Waals surface area contributed by atoms with E-state index < -0.39 is 10.0 Å². The average molecular weight is 428 g/mol. The predicted octanol–water partition coefficient (Wildman–Crippen LogP) is 2.92. The van der Waals surface area contributed by atoms with E-state index in [1.807, 2.05) is 18.2 Å². The molecule has 0 saturated heterocycles. The van der Waals surface area contributed by atoms with E-state index in [0.29, 0.717) is 36.4 Å². The van der Waals surface area contributed by atoms with Crippen LogP contribution in [-0.4, -0.2) is 46.5 Å². The highest BCUT2D eigenvalue weighted by molar-refractivity contribution is 7.89. The summed E-state index contributed by atoms with van der Waals surface area (Å²) in [5.41, 5.74) is 2.59. The summed E-state index contributed by atoms with van der Waals surface area (Å²) < 4.78 is 28.7. The van der Waals surface area contributed by atoms with E-state index in [0.717, 1.165) is 5.56 Å². The number of sulfonamides is 1. The zero-order chi connectivity index (χ0) is 21.7. The second-order valence-corrected chi connectivity index (χ2v) is 8.75. The number of carbonyl (C=O) groups excluding carboxylic acids is 1. The smallest absolute Gasteiger partial charge is 0.255 e. The van der Waals surface area contributed by atoms with Crippen LogP contribution in [0.2, 0.25) is 0 Å². The summed E-state index contributed by atoms with van der Waals surface area (Å²) in [6, 6.07) is 12.1. The van der Waals surface area contributed by atoms with E-state index >= 15 is 0 Å². The molecule has 1 N–H and O–H groups in total. The lowest BCUT2D eigenvalue weighted by atomic mass is 10.1. The molecule has 2 aromatic carbocycles. The van der Waals surface area contributed by atoms with E-state index in [2.05, 4.69) is 15.4 Å².